The van der Waals surface area contributed by atoms with Crippen molar-refractivity contribution in [2.75, 3.05) is 20.8 Å². The van der Waals surface area contributed by atoms with Crippen molar-refractivity contribution in [3.63, 3.8) is 0 Å². The predicted octanol–water partition coefficient (Wildman–Crippen LogP) is 3.42. The summed E-state index contributed by atoms with van der Waals surface area (Å²) in [6, 6.07) is 12.4. The summed E-state index contributed by atoms with van der Waals surface area (Å²) >= 11 is 0. The molecular formula is C23H25N3O4. The first-order chi connectivity index (χ1) is 14.5. The number of nitrogens with zero attached hydrogens (tertiary/aromatic N) is 3. The van der Waals surface area contributed by atoms with Crippen LogP contribution in [0, 0.1) is 0 Å². The minimum absolute atomic E-state index is 0.141. The van der Waals surface area contributed by atoms with Gasteiger partial charge in [0, 0.05) is 24.0 Å². The average Bonchev–Trinajstić information content (AvgIpc) is 2.79. The van der Waals surface area contributed by atoms with E-state index in [2.05, 4.69) is 12.0 Å². The van der Waals surface area contributed by atoms with Crippen molar-refractivity contribution >= 4 is 16.7 Å². The van der Waals surface area contributed by atoms with Gasteiger partial charge in [-0.25, -0.2) is 0 Å². The van der Waals surface area contributed by atoms with Gasteiger partial charge in [-0.15, -0.1) is 0 Å². The van der Waals surface area contributed by atoms with Crippen molar-refractivity contribution in [2.45, 2.75) is 32.2 Å². The van der Waals surface area contributed by atoms with Crippen LogP contribution in [0.3, 0.4) is 0 Å². The molecule has 0 unspecified atom stereocenters. The van der Waals surface area contributed by atoms with Crippen molar-refractivity contribution in [1.82, 2.24) is 14.7 Å². The molecule has 0 spiro atoms. The second kappa shape index (κ2) is 8.18. The number of carbonyl (C=O) groups excluding carboxylic acids is 1. The zero-order valence-corrected chi connectivity index (χ0v) is 17.4. The van der Waals surface area contributed by atoms with Gasteiger partial charge < -0.3 is 14.4 Å². The number of aromatic nitrogens is 2. The molecule has 7 heteroatoms. The number of fused-ring (bicyclic) bond motifs is 1. The Morgan fingerprint density at radius 1 is 1.07 bits per heavy atom. The topological polar surface area (TPSA) is 73.7 Å². The Balaban J connectivity index is 1.94. The Labute approximate surface area is 174 Å². The summed E-state index contributed by atoms with van der Waals surface area (Å²) in [6.45, 7) is 2.75. The number of ether oxygens (including phenoxy) is 2. The Bertz CT molecular complexity index is 1150. The molecule has 1 fully saturated rings. The van der Waals surface area contributed by atoms with Crippen LogP contribution in [0.5, 0.6) is 11.5 Å². The van der Waals surface area contributed by atoms with Crippen LogP contribution in [-0.4, -0.2) is 47.4 Å². The van der Waals surface area contributed by atoms with Crippen molar-refractivity contribution in [3.05, 3.63) is 58.5 Å². The lowest BCUT2D eigenvalue weighted by Gasteiger charge is -2.33. The van der Waals surface area contributed by atoms with Crippen LogP contribution < -0.4 is 15.0 Å². The van der Waals surface area contributed by atoms with Gasteiger partial charge in [0.25, 0.3) is 11.5 Å². The van der Waals surface area contributed by atoms with Crippen molar-refractivity contribution < 1.29 is 14.3 Å². The minimum Gasteiger partial charge on any atom is -0.497 e. The third kappa shape index (κ3) is 3.40. The molecule has 30 heavy (non-hydrogen) atoms. The first-order valence-electron chi connectivity index (χ1n) is 10.1. The molecule has 3 aromatic rings. The Hall–Kier alpha value is -3.35. The molecule has 2 heterocycles. The molecule has 1 aliphatic rings. The molecule has 0 saturated carbocycles. The third-order valence-corrected chi connectivity index (χ3v) is 5.69. The van der Waals surface area contributed by atoms with E-state index in [1.165, 1.54) is 11.8 Å². The lowest BCUT2D eigenvalue weighted by molar-refractivity contribution is 0.0630. The first kappa shape index (κ1) is 19.9. The molecule has 0 bridgehead atoms. The molecule has 4 rings (SSSR count). The smallest absolute Gasteiger partial charge is 0.279 e. The third-order valence-electron chi connectivity index (χ3n) is 5.69. The molecule has 1 aromatic heterocycles. The van der Waals surface area contributed by atoms with Crippen molar-refractivity contribution in [1.29, 1.82) is 0 Å². The maximum Gasteiger partial charge on any atom is 0.279 e. The number of amides is 1. The van der Waals surface area contributed by atoms with Crippen LogP contribution in [0.4, 0.5) is 0 Å². The van der Waals surface area contributed by atoms with Crippen LogP contribution >= 0.6 is 0 Å². The van der Waals surface area contributed by atoms with Crippen LogP contribution in [-0.2, 0) is 0 Å². The van der Waals surface area contributed by atoms with Gasteiger partial charge in [-0.2, -0.15) is 9.78 Å². The number of rotatable bonds is 4. The number of hydrogen-bond acceptors (Lipinski definition) is 5. The Morgan fingerprint density at radius 3 is 2.53 bits per heavy atom. The molecule has 0 N–H and O–H groups in total. The summed E-state index contributed by atoms with van der Waals surface area (Å²) in [5.41, 5.74) is 0.420. The maximum absolute atomic E-state index is 13.5. The number of hydrogen-bond donors (Lipinski definition) is 0. The lowest BCUT2D eigenvalue weighted by atomic mass is 10.0. The van der Waals surface area contributed by atoms with E-state index in [9.17, 15) is 9.59 Å². The van der Waals surface area contributed by atoms with Crippen LogP contribution in [0.2, 0.25) is 0 Å². The van der Waals surface area contributed by atoms with Gasteiger partial charge in [-0.1, -0.05) is 18.2 Å². The van der Waals surface area contributed by atoms with E-state index in [1.807, 2.05) is 11.0 Å². The van der Waals surface area contributed by atoms with E-state index in [4.69, 9.17) is 9.47 Å². The normalized spacial score (nSPS) is 16.5. The summed E-state index contributed by atoms with van der Waals surface area (Å²) in [5, 5.41) is 5.54. The number of likely N-dealkylation sites (tertiary alicyclic amines) is 1. The highest BCUT2D eigenvalue weighted by atomic mass is 16.5. The largest absolute Gasteiger partial charge is 0.497 e. The SMILES string of the molecule is COc1ccc(-n2nc(C(=O)N3CCCC[C@@H]3C)c3ccccc3c2=O)c(OC)c1. The summed E-state index contributed by atoms with van der Waals surface area (Å²) in [7, 11) is 3.08. The highest BCUT2D eigenvalue weighted by Gasteiger charge is 2.28. The van der Waals surface area contributed by atoms with Gasteiger partial charge in [0.05, 0.1) is 19.6 Å². The van der Waals surface area contributed by atoms with Gasteiger partial charge >= 0.3 is 0 Å². The van der Waals surface area contributed by atoms with Gasteiger partial charge in [0.15, 0.2) is 5.69 Å². The van der Waals surface area contributed by atoms with Crippen LogP contribution in [0.25, 0.3) is 16.5 Å². The zero-order valence-electron chi connectivity index (χ0n) is 17.4. The van der Waals surface area contributed by atoms with Crippen molar-refractivity contribution in [2.24, 2.45) is 0 Å². The minimum atomic E-state index is -0.308. The molecule has 1 amide bonds. The van der Waals surface area contributed by atoms with E-state index in [0.29, 0.717) is 34.5 Å². The summed E-state index contributed by atoms with van der Waals surface area (Å²) in [4.78, 5) is 28.6. The fourth-order valence-corrected chi connectivity index (χ4v) is 4.01. The van der Waals surface area contributed by atoms with E-state index >= 15 is 0 Å². The average molecular weight is 407 g/mol. The van der Waals surface area contributed by atoms with Crippen LogP contribution in [0.1, 0.15) is 36.7 Å². The zero-order chi connectivity index (χ0) is 21.3. The first-order valence-corrected chi connectivity index (χ1v) is 10.1. The summed E-state index contributed by atoms with van der Waals surface area (Å²) in [6.07, 6.45) is 3.05. The number of benzene rings is 2. The van der Waals surface area contributed by atoms with Crippen LogP contribution in [0.15, 0.2) is 47.3 Å². The monoisotopic (exact) mass is 407 g/mol. The Kier molecular flexibility index (Phi) is 5.44. The lowest BCUT2D eigenvalue weighted by Crippen LogP contribution is -2.43. The predicted molar refractivity (Wildman–Crippen MR) is 115 cm³/mol. The highest BCUT2D eigenvalue weighted by Crippen LogP contribution is 2.28. The van der Waals surface area contributed by atoms with Gasteiger partial charge in [0.2, 0.25) is 0 Å². The van der Waals surface area contributed by atoms with Gasteiger partial charge in [-0.05, 0) is 44.4 Å². The van der Waals surface area contributed by atoms with Crippen molar-refractivity contribution in [3.8, 4) is 17.2 Å². The molecular weight excluding hydrogens is 382 g/mol. The number of methoxy groups -OCH3 is 2. The standard InChI is InChI=1S/C23H25N3O4/c1-15-8-6-7-13-25(15)23(28)21-17-9-4-5-10-18(17)22(27)26(24-21)19-12-11-16(29-2)14-20(19)30-3/h4-5,9-12,14-15H,6-8,13H2,1-3H3/t15-/m0/s1. The molecule has 1 atom stereocenters. The van der Waals surface area contributed by atoms with E-state index in [1.54, 1.807) is 43.5 Å². The fraction of sp³-hybridized carbons (Fsp3) is 0.348. The molecule has 156 valence electrons. The number of piperidine rings is 1. The Morgan fingerprint density at radius 2 is 1.83 bits per heavy atom. The molecule has 0 aliphatic carbocycles. The van der Waals surface area contributed by atoms with E-state index < -0.39 is 0 Å². The molecule has 1 aliphatic heterocycles. The van der Waals surface area contributed by atoms with E-state index in [0.717, 1.165) is 19.3 Å². The molecule has 0 radical (unpaired) electrons. The van der Waals surface area contributed by atoms with Gasteiger partial charge in [0.1, 0.15) is 17.2 Å². The summed E-state index contributed by atoms with van der Waals surface area (Å²) in [5.74, 6) is 0.881. The van der Waals surface area contributed by atoms with Gasteiger partial charge in [-0.3, -0.25) is 9.59 Å². The number of carbonyl (C=O) groups is 1. The summed E-state index contributed by atoms with van der Waals surface area (Å²) < 4.78 is 12.0. The molecule has 1 saturated heterocycles. The fourth-order valence-electron chi connectivity index (χ4n) is 4.01. The maximum atomic E-state index is 13.5. The molecule has 7 nitrogen and oxygen atoms in total. The second-order valence-corrected chi connectivity index (χ2v) is 7.49. The second-order valence-electron chi connectivity index (χ2n) is 7.49. The highest BCUT2D eigenvalue weighted by molar-refractivity contribution is 6.05. The van der Waals surface area contributed by atoms with E-state index in [-0.39, 0.29) is 23.2 Å². The molecule has 2 aromatic carbocycles. The quantitative estimate of drug-likeness (QED) is 0.663.